The van der Waals surface area contributed by atoms with Gasteiger partial charge in [-0.1, -0.05) is 24.3 Å². The highest BCUT2D eigenvalue weighted by Crippen LogP contribution is 2.61. The van der Waals surface area contributed by atoms with Crippen molar-refractivity contribution in [2.45, 2.75) is 50.5 Å². The molecule has 2 aromatic carbocycles. The quantitative estimate of drug-likeness (QED) is 0.711. The molecule has 0 amide bonds. The average molecular weight is 345 g/mol. The minimum atomic E-state index is 0.471. The summed E-state index contributed by atoms with van der Waals surface area (Å²) in [7, 11) is 0. The fourth-order valence-corrected chi connectivity index (χ4v) is 6.84. The maximum atomic E-state index is 6.09. The maximum Gasteiger partial charge on any atom is 0.161 e. The summed E-state index contributed by atoms with van der Waals surface area (Å²) in [6.45, 7) is 1.60. The van der Waals surface area contributed by atoms with Gasteiger partial charge in [0, 0.05) is 17.8 Å². The Hall–Kier alpha value is -1.96. The van der Waals surface area contributed by atoms with E-state index in [0.717, 1.165) is 30.0 Å². The van der Waals surface area contributed by atoms with Gasteiger partial charge >= 0.3 is 0 Å². The Morgan fingerprint density at radius 2 is 1.54 bits per heavy atom. The van der Waals surface area contributed by atoms with Crippen LogP contribution in [0.25, 0.3) is 0 Å². The van der Waals surface area contributed by atoms with Crippen LogP contribution in [0.15, 0.2) is 48.5 Å². The fourth-order valence-electron chi connectivity index (χ4n) is 6.84. The number of anilines is 1. The summed E-state index contributed by atoms with van der Waals surface area (Å²) in [6, 6.07) is 17.8. The molecular weight excluding hydrogens is 318 g/mol. The van der Waals surface area contributed by atoms with E-state index in [-0.39, 0.29) is 0 Å². The van der Waals surface area contributed by atoms with Crippen molar-refractivity contribution >= 4 is 5.69 Å². The molecule has 134 valence electrons. The third-order valence-electron chi connectivity index (χ3n) is 7.57. The van der Waals surface area contributed by atoms with Gasteiger partial charge in [0.05, 0.1) is 0 Å². The number of rotatable bonds is 2. The van der Waals surface area contributed by atoms with Crippen LogP contribution in [0.4, 0.5) is 5.69 Å². The van der Waals surface area contributed by atoms with E-state index in [2.05, 4.69) is 53.4 Å². The molecule has 0 atom stereocenters. The predicted octanol–water partition coefficient (Wildman–Crippen LogP) is 5.51. The Bertz CT molecular complexity index is 792. The van der Waals surface area contributed by atoms with E-state index in [1.54, 1.807) is 5.56 Å². The summed E-state index contributed by atoms with van der Waals surface area (Å²) in [5.74, 6) is 4.07. The molecule has 7 rings (SSSR count). The highest BCUT2D eigenvalue weighted by molar-refractivity contribution is 5.51. The molecular formula is C24H27NO. The van der Waals surface area contributed by atoms with Gasteiger partial charge in [0.1, 0.15) is 5.75 Å². The van der Waals surface area contributed by atoms with Crippen molar-refractivity contribution in [1.29, 1.82) is 0 Å². The molecule has 1 heterocycles. The molecule has 1 aliphatic heterocycles. The number of benzene rings is 2. The summed E-state index contributed by atoms with van der Waals surface area (Å²) >= 11 is 0. The normalized spacial score (nSPS) is 34.5. The molecule has 4 aliphatic carbocycles. The van der Waals surface area contributed by atoms with Crippen LogP contribution in [-0.4, -0.2) is 6.73 Å². The first-order chi connectivity index (χ1) is 12.8. The van der Waals surface area contributed by atoms with Gasteiger partial charge in [0.25, 0.3) is 0 Å². The molecule has 4 bridgehead atoms. The molecule has 2 nitrogen and oxygen atoms in total. The van der Waals surface area contributed by atoms with Gasteiger partial charge in [-0.05, 0) is 91.5 Å². The van der Waals surface area contributed by atoms with Crippen molar-refractivity contribution in [2.75, 3.05) is 11.6 Å². The van der Waals surface area contributed by atoms with Gasteiger partial charge in [-0.3, -0.25) is 0 Å². The van der Waals surface area contributed by atoms with Crippen LogP contribution in [0, 0.1) is 17.8 Å². The lowest BCUT2D eigenvalue weighted by atomic mass is 9.48. The number of ether oxygens (including phenoxy) is 1. The van der Waals surface area contributed by atoms with E-state index >= 15 is 0 Å². The van der Waals surface area contributed by atoms with Crippen LogP contribution in [-0.2, 0) is 12.0 Å². The zero-order valence-corrected chi connectivity index (χ0v) is 15.4. The largest absolute Gasteiger partial charge is 0.473 e. The SMILES string of the molecule is c1ccc(N2COc3ccc(C45CC6CC(CC(C6)C4)C5)cc3C2)cc1. The first-order valence-electron chi connectivity index (χ1n) is 10.3. The lowest BCUT2D eigenvalue weighted by molar-refractivity contribution is -0.00525. The Balaban J connectivity index is 1.33. The monoisotopic (exact) mass is 345 g/mol. The van der Waals surface area contributed by atoms with Gasteiger partial charge in [-0.25, -0.2) is 0 Å². The number of nitrogens with zero attached hydrogens (tertiary/aromatic N) is 1. The molecule has 26 heavy (non-hydrogen) atoms. The molecule has 0 unspecified atom stereocenters. The predicted molar refractivity (Wildman–Crippen MR) is 104 cm³/mol. The van der Waals surface area contributed by atoms with Crippen molar-refractivity contribution in [3.63, 3.8) is 0 Å². The molecule has 0 aromatic heterocycles. The van der Waals surface area contributed by atoms with Crippen LogP contribution in [0.5, 0.6) is 5.75 Å². The van der Waals surface area contributed by atoms with Crippen LogP contribution < -0.4 is 9.64 Å². The second-order valence-corrected chi connectivity index (χ2v) is 9.33. The van der Waals surface area contributed by atoms with E-state index in [0.29, 0.717) is 12.1 Å². The van der Waals surface area contributed by atoms with Gasteiger partial charge in [0.15, 0.2) is 6.73 Å². The summed E-state index contributed by atoms with van der Waals surface area (Å²) in [4.78, 5) is 2.34. The van der Waals surface area contributed by atoms with E-state index in [1.165, 1.54) is 49.8 Å². The summed E-state index contributed by atoms with van der Waals surface area (Å²) < 4.78 is 6.09. The van der Waals surface area contributed by atoms with Crippen molar-refractivity contribution in [1.82, 2.24) is 0 Å². The van der Waals surface area contributed by atoms with E-state index in [9.17, 15) is 0 Å². The van der Waals surface area contributed by atoms with Gasteiger partial charge in [-0.2, -0.15) is 0 Å². The molecule has 2 heteroatoms. The average Bonchev–Trinajstić information content (AvgIpc) is 2.67. The first-order valence-corrected chi connectivity index (χ1v) is 10.3. The number of hydrogen-bond acceptors (Lipinski definition) is 2. The fraction of sp³-hybridized carbons (Fsp3) is 0.500. The van der Waals surface area contributed by atoms with Crippen molar-refractivity contribution in [3.8, 4) is 5.75 Å². The molecule has 0 spiro atoms. The van der Waals surface area contributed by atoms with Crippen LogP contribution in [0.2, 0.25) is 0 Å². The van der Waals surface area contributed by atoms with Crippen LogP contribution >= 0.6 is 0 Å². The standard InChI is InChI=1S/C24H27NO/c1-2-4-22(5-3-1)25-15-20-11-21(6-7-23(20)26-16-25)24-12-17-8-18(13-24)10-19(9-17)14-24/h1-7,11,17-19H,8-10,12-16H2. The molecule has 4 fully saturated rings. The molecule has 2 aromatic rings. The maximum absolute atomic E-state index is 6.09. The molecule has 0 saturated heterocycles. The molecule has 0 N–H and O–H groups in total. The molecule has 5 aliphatic rings. The highest BCUT2D eigenvalue weighted by atomic mass is 16.5. The summed E-state index contributed by atoms with van der Waals surface area (Å²) in [5.41, 5.74) is 4.69. The van der Waals surface area contributed by atoms with Gasteiger partial charge < -0.3 is 9.64 Å². The van der Waals surface area contributed by atoms with Gasteiger partial charge in [0.2, 0.25) is 0 Å². The summed E-state index contributed by atoms with van der Waals surface area (Å²) in [6.07, 6.45) is 8.82. The van der Waals surface area contributed by atoms with Crippen LogP contribution in [0.3, 0.4) is 0 Å². The molecule has 0 radical (unpaired) electrons. The van der Waals surface area contributed by atoms with Gasteiger partial charge in [-0.15, -0.1) is 0 Å². The number of hydrogen-bond donors (Lipinski definition) is 0. The minimum absolute atomic E-state index is 0.471. The number of fused-ring (bicyclic) bond motifs is 1. The van der Waals surface area contributed by atoms with Crippen molar-refractivity contribution < 1.29 is 4.74 Å². The Kier molecular flexibility index (Phi) is 3.21. The zero-order valence-electron chi connectivity index (χ0n) is 15.4. The number of para-hydroxylation sites is 1. The van der Waals surface area contributed by atoms with E-state index < -0.39 is 0 Å². The van der Waals surface area contributed by atoms with Crippen molar-refractivity contribution in [3.05, 3.63) is 59.7 Å². The second kappa shape index (κ2) is 5.52. The van der Waals surface area contributed by atoms with Crippen molar-refractivity contribution in [2.24, 2.45) is 17.8 Å². The first kappa shape index (κ1) is 15.1. The lowest BCUT2D eigenvalue weighted by Crippen LogP contribution is -2.48. The smallest absolute Gasteiger partial charge is 0.161 e. The Labute approximate surface area is 156 Å². The highest BCUT2D eigenvalue weighted by Gasteiger charge is 2.51. The lowest BCUT2D eigenvalue weighted by Gasteiger charge is -2.57. The summed E-state index contributed by atoms with van der Waals surface area (Å²) in [5, 5.41) is 0. The Morgan fingerprint density at radius 1 is 0.846 bits per heavy atom. The minimum Gasteiger partial charge on any atom is -0.473 e. The second-order valence-electron chi connectivity index (χ2n) is 9.33. The third kappa shape index (κ3) is 2.31. The Morgan fingerprint density at radius 3 is 2.23 bits per heavy atom. The third-order valence-corrected chi connectivity index (χ3v) is 7.57. The van der Waals surface area contributed by atoms with E-state index in [4.69, 9.17) is 4.74 Å². The van der Waals surface area contributed by atoms with E-state index in [1.807, 2.05) is 0 Å². The molecule has 4 saturated carbocycles. The topological polar surface area (TPSA) is 12.5 Å². The van der Waals surface area contributed by atoms with Crippen LogP contribution in [0.1, 0.15) is 49.7 Å². The zero-order chi connectivity index (χ0) is 17.1.